The van der Waals surface area contributed by atoms with Crippen molar-refractivity contribution in [1.29, 1.82) is 0 Å². The van der Waals surface area contributed by atoms with Crippen molar-refractivity contribution < 1.29 is 4.74 Å². The first-order valence-corrected chi connectivity index (χ1v) is 10.1. The molecule has 1 aromatic carbocycles. The number of hydrogen-bond donors (Lipinski definition) is 2. The highest BCUT2D eigenvalue weighted by atomic mass is 127. The third-order valence-corrected chi connectivity index (χ3v) is 5.34. The van der Waals surface area contributed by atoms with Crippen molar-refractivity contribution in [2.75, 3.05) is 38.2 Å². The lowest BCUT2D eigenvalue weighted by molar-refractivity contribution is 0.415. The molecule has 0 saturated carbocycles. The monoisotopic (exact) mass is 500 g/mol. The van der Waals surface area contributed by atoms with Crippen molar-refractivity contribution in [3.8, 4) is 5.75 Å². The molecule has 1 fully saturated rings. The number of halogens is 1. The molecule has 5 nitrogen and oxygen atoms in total. The second-order valence-corrected chi connectivity index (χ2v) is 7.29. The van der Waals surface area contributed by atoms with Crippen LogP contribution in [-0.4, -0.2) is 39.2 Å². The number of aliphatic imine (C=N–C) groups is 1. The predicted octanol–water partition coefficient (Wildman–Crippen LogP) is 3.96. The van der Waals surface area contributed by atoms with Gasteiger partial charge >= 0.3 is 0 Å². The van der Waals surface area contributed by atoms with Gasteiger partial charge in [0.05, 0.1) is 13.7 Å². The summed E-state index contributed by atoms with van der Waals surface area (Å²) in [5.74, 6) is 2.43. The first-order valence-electron chi connectivity index (χ1n) is 9.20. The standard InChI is InChI=1S/C20H28N4OS.HI/c1-3-21-20(23-13-17-8-10-26-15-17)22-12-16-7-9-24(14-16)18-5-4-6-19(11-18)25-2;/h4-6,8,10-11,15-16H,3,7,9,12-14H2,1-2H3,(H2,21,22,23);1H. The molecule has 1 unspecified atom stereocenters. The Hall–Kier alpha value is -1.48. The number of thiophene rings is 1. The zero-order valence-corrected chi connectivity index (χ0v) is 19.1. The normalized spacial score (nSPS) is 16.7. The quantitative estimate of drug-likeness (QED) is 0.344. The van der Waals surface area contributed by atoms with Crippen LogP contribution in [0.2, 0.25) is 0 Å². The molecule has 1 saturated heterocycles. The Morgan fingerprint density at radius 2 is 2.22 bits per heavy atom. The second-order valence-electron chi connectivity index (χ2n) is 6.51. The summed E-state index contributed by atoms with van der Waals surface area (Å²) in [5.41, 5.74) is 2.50. The molecule has 27 heavy (non-hydrogen) atoms. The summed E-state index contributed by atoms with van der Waals surface area (Å²) in [4.78, 5) is 7.12. The van der Waals surface area contributed by atoms with E-state index in [4.69, 9.17) is 4.74 Å². The maximum Gasteiger partial charge on any atom is 0.191 e. The Morgan fingerprint density at radius 3 is 2.96 bits per heavy atom. The molecule has 3 rings (SSSR count). The van der Waals surface area contributed by atoms with Crippen LogP contribution in [0, 0.1) is 5.92 Å². The third-order valence-electron chi connectivity index (χ3n) is 4.61. The van der Waals surface area contributed by atoms with E-state index >= 15 is 0 Å². The molecule has 0 aliphatic carbocycles. The zero-order chi connectivity index (χ0) is 18.2. The maximum absolute atomic E-state index is 5.34. The Kier molecular flexibility index (Phi) is 9.20. The summed E-state index contributed by atoms with van der Waals surface area (Å²) in [6.07, 6.45) is 1.19. The lowest BCUT2D eigenvalue weighted by Gasteiger charge is -2.20. The van der Waals surface area contributed by atoms with Crippen LogP contribution in [0.4, 0.5) is 5.69 Å². The molecule has 0 spiro atoms. The molecule has 1 aromatic heterocycles. The Balaban J connectivity index is 0.00000261. The molecule has 1 aliphatic rings. The van der Waals surface area contributed by atoms with E-state index in [-0.39, 0.29) is 24.0 Å². The zero-order valence-electron chi connectivity index (χ0n) is 16.0. The van der Waals surface area contributed by atoms with Gasteiger partial charge in [-0.2, -0.15) is 11.3 Å². The van der Waals surface area contributed by atoms with Gasteiger partial charge in [0, 0.05) is 37.9 Å². The molecular weight excluding hydrogens is 471 g/mol. The molecule has 2 aromatic rings. The van der Waals surface area contributed by atoms with E-state index in [1.807, 2.05) is 6.07 Å². The Labute approximate surface area is 183 Å². The molecular formula is C20H29IN4OS. The molecule has 0 amide bonds. The molecule has 1 aliphatic heterocycles. The highest BCUT2D eigenvalue weighted by Gasteiger charge is 2.23. The van der Waals surface area contributed by atoms with E-state index in [0.717, 1.165) is 44.4 Å². The fraction of sp³-hybridized carbons (Fsp3) is 0.450. The van der Waals surface area contributed by atoms with Gasteiger partial charge < -0.3 is 20.3 Å². The van der Waals surface area contributed by atoms with Crippen LogP contribution in [0.15, 0.2) is 46.1 Å². The number of guanidine groups is 1. The van der Waals surface area contributed by atoms with Crippen molar-refractivity contribution in [3.63, 3.8) is 0 Å². The van der Waals surface area contributed by atoms with Gasteiger partial charge in [-0.05, 0) is 53.8 Å². The minimum Gasteiger partial charge on any atom is -0.497 e. The summed E-state index contributed by atoms with van der Waals surface area (Å²) in [6.45, 7) is 6.78. The van der Waals surface area contributed by atoms with Gasteiger partial charge in [0.2, 0.25) is 0 Å². The van der Waals surface area contributed by atoms with Crippen LogP contribution >= 0.6 is 35.3 Å². The van der Waals surface area contributed by atoms with Crippen LogP contribution in [0.3, 0.4) is 0 Å². The van der Waals surface area contributed by atoms with Gasteiger partial charge in [0.25, 0.3) is 0 Å². The summed E-state index contributed by atoms with van der Waals surface area (Å²) >= 11 is 1.71. The molecule has 2 heterocycles. The minimum absolute atomic E-state index is 0. The number of rotatable bonds is 7. The summed E-state index contributed by atoms with van der Waals surface area (Å²) in [7, 11) is 1.72. The third kappa shape index (κ3) is 6.57. The first kappa shape index (κ1) is 21.8. The van der Waals surface area contributed by atoms with Crippen LogP contribution in [0.1, 0.15) is 18.9 Å². The van der Waals surface area contributed by atoms with E-state index < -0.39 is 0 Å². The number of benzene rings is 1. The van der Waals surface area contributed by atoms with Gasteiger partial charge in [-0.3, -0.25) is 0 Å². The fourth-order valence-electron chi connectivity index (χ4n) is 3.18. The average molecular weight is 500 g/mol. The van der Waals surface area contributed by atoms with E-state index in [1.54, 1.807) is 18.4 Å². The van der Waals surface area contributed by atoms with Gasteiger partial charge in [0.1, 0.15) is 5.75 Å². The highest BCUT2D eigenvalue weighted by molar-refractivity contribution is 14.0. The van der Waals surface area contributed by atoms with Gasteiger partial charge in [-0.1, -0.05) is 6.07 Å². The number of nitrogens with one attached hydrogen (secondary N) is 2. The summed E-state index contributed by atoms with van der Waals surface area (Å²) in [6, 6.07) is 10.4. The van der Waals surface area contributed by atoms with Crippen LogP contribution < -0.4 is 20.3 Å². The maximum atomic E-state index is 5.34. The number of methoxy groups -OCH3 is 1. The van der Waals surface area contributed by atoms with Crippen molar-refractivity contribution >= 4 is 47.0 Å². The smallest absolute Gasteiger partial charge is 0.191 e. The van der Waals surface area contributed by atoms with Gasteiger partial charge in [-0.25, -0.2) is 4.99 Å². The van der Waals surface area contributed by atoms with E-state index in [2.05, 4.69) is 62.5 Å². The molecule has 1 atom stereocenters. The minimum atomic E-state index is 0. The second kappa shape index (κ2) is 11.4. The number of hydrogen-bond acceptors (Lipinski definition) is 4. The van der Waals surface area contributed by atoms with Crippen molar-refractivity contribution in [3.05, 3.63) is 46.7 Å². The Morgan fingerprint density at radius 1 is 1.33 bits per heavy atom. The largest absolute Gasteiger partial charge is 0.497 e. The average Bonchev–Trinajstić information content (AvgIpc) is 3.36. The molecule has 2 N–H and O–H groups in total. The molecule has 7 heteroatoms. The topological polar surface area (TPSA) is 48.9 Å². The van der Waals surface area contributed by atoms with Crippen molar-refractivity contribution in [2.45, 2.75) is 19.9 Å². The predicted molar refractivity (Wildman–Crippen MR) is 126 cm³/mol. The van der Waals surface area contributed by atoms with Gasteiger partial charge in [-0.15, -0.1) is 24.0 Å². The van der Waals surface area contributed by atoms with Crippen molar-refractivity contribution in [1.82, 2.24) is 10.6 Å². The molecule has 0 bridgehead atoms. The highest BCUT2D eigenvalue weighted by Crippen LogP contribution is 2.26. The van der Waals surface area contributed by atoms with Crippen molar-refractivity contribution in [2.24, 2.45) is 10.9 Å². The lowest BCUT2D eigenvalue weighted by atomic mass is 10.1. The van der Waals surface area contributed by atoms with Crippen LogP contribution in [0.25, 0.3) is 0 Å². The molecule has 148 valence electrons. The van der Waals surface area contributed by atoms with E-state index in [1.165, 1.54) is 17.7 Å². The number of ether oxygens (including phenoxy) is 1. The fourth-order valence-corrected chi connectivity index (χ4v) is 3.84. The first-order chi connectivity index (χ1) is 12.8. The number of nitrogens with zero attached hydrogens (tertiary/aromatic N) is 2. The lowest BCUT2D eigenvalue weighted by Crippen LogP contribution is -2.40. The summed E-state index contributed by atoms with van der Waals surface area (Å²) < 4.78 is 5.34. The van der Waals surface area contributed by atoms with Crippen LogP contribution in [0.5, 0.6) is 5.75 Å². The van der Waals surface area contributed by atoms with E-state index in [0.29, 0.717) is 5.92 Å². The Bertz CT molecular complexity index is 708. The van der Waals surface area contributed by atoms with Gasteiger partial charge in [0.15, 0.2) is 5.96 Å². The molecule has 0 radical (unpaired) electrons. The number of anilines is 1. The SMILES string of the molecule is CCNC(=NCc1ccsc1)NCC1CCN(c2cccc(OC)c2)C1.I. The van der Waals surface area contributed by atoms with E-state index in [9.17, 15) is 0 Å². The summed E-state index contributed by atoms with van der Waals surface area (Å²) in [5, 5.41) is 11.1. The van der Waals surface area contributed by atoms with Crippen LogP contribution in [-0.2, 0) is 6.54 Å².